The van der Waals surface area contributed by atoms with E-state index in [9.17, 15) is 31.2 Å². The van der Waals surface area contributed by atoms with Crippen LogP contribution in [0.15, 0.2) is 27.4 Å². The molecule has 0 atom stereocenters. The minimum Gasteiger partial charge on any atom is -0.422 e. The van der Waals surface area contributed by atoms with E-state index in [1.54, 1.807) is 0 Å². The second-order valence-electron chi connectivity index (χ2n) is 6.60. The molecule has 1 aromatic carbocycles. The summed E-state index contributed by atoms with van der Waals surface area (Å²) in [6.45, 7) is 3.57. The molecule has 1 aliphatic rings. The number of anilines is 1. The van der Waals surface area contributed by atoms with Gasteiger partial charge in [-0.1, -0.05) is 0 Å². The van der Waals surface area contributed by atoms with Crippen molar-refractivity contribution in [2.75, 3.05) is 38.1 Å². The Morgan fingerprint density at radius 1 is 1.17 bits per heavy atom. The number of rotatable bonds is 4. The van der Waals surface area contributed by atoms with Crippen LogP contribution < -0.4 is 14.7 Å². The molecule has 0 amide bonds. The molecule has 0 spiro atoms. The monoisotopic (exact) mass is 434 g/mol. The summed E-state index contributed by atoms with van der Waals surface area (Å²) < 4.78 is 69.2. The van der Waals surface area contributed by atoms with E-state index in [2.05, 4.69) is 9.08 Å². The van der Waals surface area contributed by atoms with Crippen LogP contribution in [0, 0.1) is 0 Å². The van der Waals surface area contributed by atoms with Crippen molar-refractivity contribution < 1.29 is 35.0 Å². The summed E-state index contributed by atoms with van der Waals surface area (Å²) in [5.74, 6) is -1.19. The van der Waals surface area contributed by atoms with E-state index in [4.69, 9.17) is 4.42 Å². The lowest BCUT2D eigenvalue weighted by Gasteiger charge is -2.35. The van der Waals surface area contributed by atoms with E-state index < -0.39 is 32.8 Å². The van der Waals surface area contributed by atoms with Gasteiger partial charge in [0.15, 0.2) is 5.78 Å². The third-order valence-corrected chi connectivity index (χ3v) is 5.49. The minimum absolute atomic E-state index is 0.168. The van der Waals surface area contributed by atoms with Gasteiger partial charge in [0.05, 0.1) is 5.69 Å². The maximum absolute atomic E-state index is 12.5. The maximum atomic E-state index is 12.5. The molecule has 2 heterocycles. The molecule has 158 valence electrons. The van der Waals surface area contributed by atoms with Crippen LogP contribution in [0.25, 0.3) is 11.0 Å². The molecule has 0 saturated carbocycles. The van der Waals surface area contributed by atoms with Gasteiger partial charge in [-0.2, -0.15) is 21.6 Å². The number of benzene rings is 1. The zero-order chi connectivity index (χ0) is 21.6. The van der Waals surface area contributed by atoms with Crippen LogP contribution in [0.4, 0.5) is 18.9 Å². The van der Waals surface area contributed by atoms with Crippen molar-refractivity contribution in [1.82, 2.24) is 4.90 Å². The first-order chi connectivity index (χ1) is 13.4. The van der Waals surface area contributed by atoms with E-state index >= 15 is 0 Å². The third-order valence-electron chi connectivity index (χ3n) is 4.51. The number of hydrogen-bond donors (Lipinski definition) is 0. The first-order valence-corrected chi connectivity index (χ1v) is 9.87. The van der Waals surface area contributed by atoms with Crippen molar-refractivity contribution in [1.29, 1.82) is 0 Å². The summed E-state index contributed by atoms with van der Waals surface area (Å²) in [5.41, 5.74) is -6.62. The number of likely N-dealkylation sites (N-methyl/N-ethyl adjacent to an activating group) is 1. The standard InChI is InChI=1S/C17H17F3N2O6S/c1-10(23)14-15(22-7-5-21(2)6-8-22)12-4-3-11(9-13(12)27-16(14)24)28-29(25,26)17(18,19)20/h3-4,9H,5-8H2,1-2H3. The van der Waals surface area contributed by atoms with E-state index in [0.717, 1.165) is 12.1 Å². The van der Waals surface area contributed by atoms with Crippen LogP contribution >= 0.6 is 0 Å². The summed E-state index contributed by atoms with van der Waals surface area (Å²) in [6.07, 6.45) is 0. The Labute approximate surface area is 163 Å². The van der Waals surface area contributed by atoms with Gasteiger partial charge in [-0.3, -0.25) is 4.79 Å². The molecule has 0 N–H and O–H groups in total. The Hall–Kier alpha value is -2.60. The van der Waals surface area contributed by atoms with Crippen LogP contribution in [0.5, 0.6) is 5.75 Å². The average molecular weight is 434 g/mol. The van der Waals surface area contributed by atoms with Gasteiger partial charge in [0, 0.05) is 37.6 Å². The molecule has 1 aliphatic heterocycles. The lowest BCUT2D eigenvalue weighted by Crippen LogP contribution is -2.45. The SMILES string of the molecule is CC(=O)c1c(N2CCN(C)CC2)c2ccc(OS(=O)(=O)C(F)(F)F)cc2oc1=O. The van der Waals surface area contributed by atoms with Crippen molar-refractivity contribution in [3.63, 3.8) is 0 Å². The highest BCUT2D eigenvalue weighted by Gasteiger charge is 2.48. The van der Waals surface area contributed by atoms with Crippen molar-refractivity contribution in [2.24, 2.45) is 0 Å². The van der Waals surface area contributed by atoms with Crippen molar-refractivity contribution >= 4 is 32.6 Å². The Kier molecular flexibility index (Phi) is 5.34. The Morgan fingerprint density at radius 2 is 1.79 bits per heavy atom. The number of nitrogens with zero attached hydrogens (tertiary/aromatic N) is 2. The van der Waals surface area contributed by atoms with Gasteiger partial charge in [-0.25, -0.2) is 4.79 Å². The third kappa shape index (κ3) is 4.08. The Bertz CT molecular complexity index is 1120. The molecule has 0 radical (unpaired) electrons. The molecule has 1 aromatic heterocycles. The van der Waals surface area contributed by atoms with Crippen molar-refractivity contribution in [3.8, 4) is 5.75 Å². The van der Waals surface area contributed by atoms with Gasteiger partial charge in [0.25, 0.3) is 0 Å². The van der Waals surface area contributed by atoms with Gasteiger partial charge in [0.2, 0.25) is 0 Å². The number of piperazine rings is 1. The fourth-order valence-electron chi connectivity index (χ4n) is 3.06. The summed E-state index contributed by atoms with van der Waals surface area (Å²) in [7, 11) is -3.96. The fraction of sp³-hybridized carbons (Fsp3) is 0.412. The normalized spacial score (nSPS) is 16.2. The zero-order valence-corrected chi connectivity index (χ0v) is 16.3. The molecule has 29 heavy (non-hydrogen) atoms. The lowest BCUT2D eigenvalue weighted by atomic mass is 10.1. The highest BCUT2D eigenvalue weighted by atomic mass is 32.2. The van der Waals surface area contributed by atoms with Gasteiger partial charge in [0.1, 0.15) is 16.9 Å². The van der Waals surface area contributed by atoms with Crippen molar-refractivity contribution in [3.05, 3.63) is 34.2 Å². The first kappa shape index (κ1) is 21.1. The molecular formula is C17H17F3N2O6S. The van der Waals surface area contributed by atoms with Gasteiger partial charge < -0.3 is 18.4 Å². The van der Waals surface area contributed by atoms with Crippen LogP contribution in [-0.4, -0.2) is 57.8 Å². The number of Topliss-reactive ketones (excluding diaryl/α,β-unsaturated/α-hetero) is 1. The van der Waals surface area contributed by atoms with E-state index in [1.807, 2.05) is 11.9 Å². The molecule has 0 unspecified atom stereocenters. The quantitative estimate of drug-likeness (QED) is 0.312. The lowest BCUT2D eigenvalue weighted by molar-refractivity contribution is -0.0500. The molecule has 1 saturated heterocycles. The second kappa shape index (κ2) is 7.34. The minimum atomic E-state index is -5.88. The van der Waals surface area contributed by atoms with E-state index in [0.29, 0.717) is 31.9 Å². The van der Waals surface area contributed by atoms with Crippen molar-refractivity contribution in [2.45, 2.75) is 12.4 Å². The number of halogens is 3. The smallest absolute Gasteiger partial charge is 0.422 e. The summed E-state index contributed by atoms with van der Waals surface area (Å²) >= 11 is 0. The number of alkyl halides is 3. The predicted molar refractivity (Wildman–Crippen MR) is 97.8 cm³/mol. The maximum Gasteiger partial charge on any atom is 0.534 e. The van der Waals surface area contributed by atoms with Crippen LogP contribution in [-0.2, 0) is 10.1 Å². The van der Waals surface area contributed by atoms with Crippen LogP contribution in [0.2, 0.25) is 0 Å². The second-order valence-corrected chi connectivity index (χ2v) is 8.14. The van der Waals surface area contributed by atoms with E-state index in [-0.39, 0.29) is 16.5 Å². The largest absolute Gasteiger partial charge is 0.534 e. The number of carbonyl (C=O) groups is 1. The van der Waals surface area contributed by atoms with Gasteiger partial charge >= 0.3 is 21.3 Å². The fourth-order valence-corrected chi connectivity index (χ4v) is 3.51. The first-order valence-electron chi connectivity index (χ1n) is 8.47. The highest BCUT2D eigenvalue weighted by Crippen LogP contribution is 2.34. The summed E-state index contributed by atoms with van der Waals surface area (Å²) in [6, 6.07) is 3.15. The number of carbonyl (C=O) groups excluding carboxylic acids is 1. The molecule has 2 aromatic rings. The highest BCUT2D eigenvalue weighted by molar-refractivity contribution is 7.88. The van der Waals surface area contributed by atoms with Gasteiger partial charge in [-0.05, 0) is 26.1 Å². The molecule has 0 aliphatic carbocycles. The molecular weight excluding hydrogens is 417 g/mol. The average Bonchev–Trinajstić information content (AvgIpc) is 2.59. The Morgan fingerprint density at radius 3 is 2.34 bits per heavy atom. The van der Waals surface area contributed by atoms with E-state index in [1.165, 1.54) is 13.0 Å². The predicted octanol–water partition coefficient (Wildman–Crippen LogP) is 1.98. The molecule has 3 rings (SSSR count). The van der Waals surface area contributed by atoms with Crippen LogP contribution in [0.3, 0.4) is 0 Å². The molecule has 12 heteroatoms. The summed E-state index contributed by atoms with van der Waals surface area (Å²) in [5, 5.41) is 0.288. The number of hydrogen-bond acceptors (Lipinski definition) is 8. The van der Waals surface area contributed by atoms with Crippen LogP contribution in [0.1, 0.15) is 17.3 Å². The zero-order valence-electron chi connectivity index (χ0n) is 15.4. The molecule has 0 bridgehead atoms. The van der Waals surface area contributed by atoms with Gasteiger partial charge in [-0.15, -0.1) is 0 Å². The summed E-state index contributed by atoms with van der Waals surface area (Å²) in [4.78, 5) is 28.4. The molecule has 1 fully saturated rings. The topological polar surface area (TPSA) is 97.1 Å². The number of ketones is 1. The number of fused-ring (bicyclic) bond motifs is 1. The Balaban J connectivity index is 2.15. The molecule has 8 nitrogen and oxygen atoms in total.